The molecule has 0 aliphatic rings. The molecule has 0 fully saturated rings. The summed E-state index contributed by atoms with van der Waals surface area (Å²) in [7, 11) is -12.7. The standard InChI is InChI=1S/C22H25N5O8S3/c1-12(2)38(32,33)27-16-11-15(18-17(24-13(3)25-18)14-9-7-6-8-10-14)20(34-36(4,28)29)21(35-37(5,30)31)19(16)26-22(27)23/h6-12H,1-5H3,(H2,23,26)(H,24,25). The number of nitrogen functional groups attached to an aromatic ring is 1. The Balaban J connectivity index is 2.24. The van der Waals surface area contributed by atoms with Gasteiger partial charge in [0.25, 0.3) is 0 Å². The molecule has 3 N–H and O–H groups in total. The summed E-state index contributed by atoms with van der Waals surface area (Å²) in [4.78, 5) is 11.6. The number of nitrogens with two attached hydrogens (primary N) is 1. The maximum atomic E-state index is 13.2. The number of aromatic nitrogens is 4. The zero-order chi connectivity index (χ0) is 28.2. The summed E-state index contributed by atoms with van der Waals surface area (Å²) in [5, 5.41) is -0.939. The van der Waals surface area contributed by atoms with Gasteiger partial charge in [-0.2, -0.15) is 16.8 Å². The van der Waals surface area contributed by atoms with Crippen molar-refractivity contribution in [2.75, 3.05) is 18.2 Å². The van der Waals surface area contributed by atoms with E-state index in [1.54, 1.807) is 37.3 Å². The van der Waals surface area contributed by atoms with E-state index < -0.39 is 53.0 Å². The number of aryl methyl sites for hydroxylation is 1. The monoisotopic (exact) mass is 583 g/mol. The zero-order valence-corrected chi connectivity index (χ0v) is 23.4. The van der Waals surface area contributed by atoms with Crippen LogP contribution in [-0.2, 0) is 30.3 Å². The lowest BCUT2D eigenvalue weighted by Crippen LogP contribution is -2.23. The van der Waals surface area contributed by atoms with E-state index in [4.69, 9.17) is 14.1 Å². The fraction of sp³-hybridized carbons (Fsp3) is 0.273. The van der Waals surface area contributed by atoms with Crippen molar-refractivity contribution in [3.05, 3.63) is 42.2 Å². The van der Waals surface area contributed by atoms with E-state index in [1.807, 2.05) is 0 Å². The summed E-state index contributed by atoms with van der Waals surface area (Å²) >= 11 is 0. The van der Waals surface area contributed by atoms with Crippen LogP contribution in [0.1, 0.15) is 19.7 Å². The van der Waals surface area contributed by atoms with E-state index in [0.29, 0.717) is 17.1 Å². The molecule has 204 valence electrons. The number of rotatable bonds is 8. The van der Waals surface area contributed by atoms with Crippen molar-refractivity contribution in [1.29, 1.82) is 0 Å². The van der Waals surface area contributed by atoms with Crippen LogP contribution in [0.2, 0.25) is 0 Å². The van der Waals surface area contributed by atoms with E-state index in [0.717, 1.165) is 16.5 Å². The second-order valence-corrected chi connectivity index (χ2v) is 14.3. The largest absolute Gasteiger partial charge is 0.378 e. The molecule has 0 atom stereocenters. The van der Waals surface area contributed by atoms with E-state index >= 15 is 0 Å². The fourth-order valence-corrected chi connectivity index (χ4v) is 5.84. The summed E-state index contributed by atoms with van der Waals surface area (Å²) < 4.78 is 86.8. The third kappa shape index (κ3) is 5.19. The summed E-state index contributed by atoms with van der Waals surface area (Å²) in [5.41, 5.74) is 6.64. The van der Waals surface area contributed by atoms with Gasteiger partial charge in [-0.05, 0) is 26.8 Å². The number of benzene rings is 2. The van der Waals surface area contributed by atoms with E-state index in [1.165, 1.54) is 19.9 Å². The quantitative estimate of drug-likeness (QED) is 0.289. The Bertz CT molecular complexity index is 1880. The molecule has 4 aromatic rings. The van der Waals surface area contributed by atoms with Crippen molar-refractivity contribution in [2.45, 2.75) is 26.0 Å². The number of aromatic amines is 1. The Labute approximate surface area is 219 Å². The maximum Gasteiger partial charge on any atom is 0.306 e. The first-order valence-electron chi connectivity index (χ1n) is 11.0. The zero-order valence-electron chi connectivity index (χ0n) is 21.0. The Kier molecular flexibility index (Phi) is 6.70. The predicted molar refractivity (Wildman–Crippen MR) is 142 cm³/mol. The van der Waals surface area contributed by atoms with Crippen LogP contribution >= 0.6 is 0 Å². The van der Waals surface area contributed by atoms with Crippen LogP contribution in [0.15, 0.2) is 36.4 Å². The van der Waals surface area contributed by atoms with Gasteiger partial charge in [0, 0.05) is 5.56 Å². The first kappa shape index (κ1) is 27.4. The lowest BCUT2D eigenvalue weighted by atomic mass is 10.0. The fourth-order valence-electron chi connectivity index (χ4n) is 3.78. The SMILES string of the molecule is Cc1nc(-c2ccccc2)c(-c2cc3c(nc(N)n3S(=O)(=O)C(C)C)c(OS(C)(=O)=O)c2OS(C)(=O)=O)[nH]1. The maximum absolute atomic E-state index is 13.2. The molecule has 0 aliphatic heterocycles. The van der Waals surface area contributed by atoms with Crippen LogP contribution < -0.4 is 14.1 Å². The molecule has 4 rings (SSSR count). The van der Waals surface area contributed by atoms with E-state index in [-0.39, 0.29) is 22.3 Å². The first-order valence-corrected chi connectivity index (χ1v) is 16.1. The van der Waals surface area contributed by atoms with Crippen LogP contribution in [0.4, 0.5) is 5.95 Å². The number of H-pyrrole nitrogens is 1. The molecular weight excluding hydrogens is 558 g/mol. The average molecular weight is 584 g/mol. The first-order chi connectivity index (χ1) is 17.5. The summed E-state index contributed by atoms with van der Waals surface area (Å²) in [6, 6.07) is 10.1. The van der Waals surface area contributed by atoms with Crippen LogP contribution in [0, 0.1) is 6.92 Å². The van der Waals surface area contributed by atoms with Crippen LogP contribution in [0.5, 0.6) is 11.5 Å². The molecule has 38 heavy (non-hydrogen) atoms. The van der Waals surface area contributed by atoms with Crippen molar-refractivity contribution in [1.82, 2.24) is 18.9 Å². The van der Waals surface area contributed by atoms with Gasteiger partial charge in [-0.25, -0.2) is 22.4 Å². The number of anilines is 1. The van der Waals surface area contributed by atoms with Crippen molar-refractivity contribution >= 4 is 47.2 Å². The van der Waals surface area contributed by atoms with Crippen LogP contribution in [-0.4, -0.2) is 61.9 Å². The number of hydrogen-bond donors (Lipinski definition) is 2. The number of fused-ring (bicyclic) bond motifs is 1. The van der Waals surface area contributed by atoms with Gasteiger partial charge >= 0.3 is 20.2 Å². The highest BCUT2D eigenvalue weighted by atomic mass is 32.2. The molecule has 0 aliphatic carbocycles. The Morgan fingerprint density at radius 2 is 1.50 bits per heavy atom. The van der Waals surface area contributed by atoms with Crippen molar-refractivity contribution in [3.8, 4) is 34.0 Å². The number of hydrogen-bond acceptors (Lipinski definition) is 11. The normalized spacial score (nSPS) is 12.8. The average Bonchev–Trinajstić information content (AvgIpc) is 3.33. The predicted octanol–water partition coefficient (Wildman–Crippen LogP) is 2.25. The molecule has 0 radical (unpaired) electrons. The van der Waals surface area contributed by atoms with Crippen LogP contribution in [0.25, 0.3) is 33.5 Å². The lowest BCUT2D eigenvalue weighted by Gasteiger charge is -2.16. The van der Waals surface area contributed by atoms with Crippen molar-refractivity contribution in [3.63, 3.8) is 0 Å². The molecular formula is C22H25N5O8S3. The summed E-state index contributed by atoms with van der Waals surface area (Å²) in [6.45, 7) is 4.52. The minimum Gasteiger partial charge on any atom is -0.378 e. The molecule has 0 unspecified atom stereocenters. The molecule has 16 heteroatoms. The summed E-state index contributed by atoms with van der Waals surface area (Å²) in [5.74, 6) is -1.25. The molecule has 2 heterocycles. The number of nitrogens with one attached hydrogen (secondary N) is 1. The van der Waals surface area contributed by atoms with Crippen LogP contribution in [0.3, 0.4) is 0 Å². The van der Waals surface area contributed by atoms with Gasteiger partial charge in [0.2, 0.25) is 21.7 Å². The van der Waals surface area contributed by atoms with E-state index in [9.17, 15) is 25.3 Å². The number of imidazole rings is 2. The highest BCUT2D eigenvalue weighted by Gasteiger charge is 2.33. The highest BCUT2D eigenvalue weighted by Crippen LogP contribution is 2.47. The summed E-state index contributed by atoms with van der Waals surface area (Å²) in [6.07, 6.45) is 1.49. The molecule has 2 aromatic heterocycles. The Hall–Kier alpha value is -3.63. The van der Waals surface area contributed by atoms with Gasteiger partial charge in [-0.1, -0.05) is 30.3 Å². The molecule has 0 amide bonds. The van der Waals surface area contributed by atoms with Crippen molar-refractivity contribution < 1.29 is 33.6 Å². The highest BCUT2D eigenvalue weighted by molar-refractivity contribution is 7.90. The second-order valence-electron chi connectivity index (χ2n) is 8.76. The van der Waals surface area contributed by atoms with Gasteiger partial charge in [0.1, 0.15) is 11.3 Å². The van der Waals surface area contributed by atoms with Gasteiger partial charge in [0.05, 0.1) is 40.2 Å². The minimum absolute atomic E-state index is 0.0545. The molecule has 0 saturated carbocycles. The molecule has 0 saturated heterocycles. The lowest BCUT2D eigenvalue weighted by molar-refractivity contribution is 0.458. The van der Waals surface area contributed by atoms with Gasteiger partial charge in [0.15, 0.2) is 5.75 Å². The molecule has 13 nitrogen and oxygen atoms in total. The second kappa shape index (κ2) is 9.28. The van der Waals surface area contributed by atoms with Gasteiger partial charge in [-0.15, -0.1) is 0 Å². The van der Waals surface area contributed by atoms with Gasteiger partial charge < -0.3 is 19.1 Å². The Morgan fingerprint density at radius 3 is 2.05 bits per heavy atom. The van der Waals surface area contributed by atoms with Gasteiger partial charge in [-0.3, -0.25) is 0 Å². The molecule has 0 bridgehead atoms. The van der Waals surface area contributed by atoms with Crippen molar-refractivity contribution in [2.24, 2.45) is 0 Å². The molecule has 0 spiro atoms. The smallest absolute Gasteiger partial charge is 0.306 e. The third-order valence-electron chi connectivity index (χ3n) is 5.30. The number of nitrogens with zero attached hydrogens (tertiary/aromatic N) is 3. The Morgan fingerprint density at radius 1 is 0.921 bits per heavy atom. The topological polar surface area (TPSA) is 193 Å². The third-order valence-corrected chi connectivity index (χ3v) is 8.32. The molecule has 2 aromatic carbocycles. The van der Waals surface area contributed by atoms with E-state index in [2.05, 4.69) is 15.0 Å². The minimum atomic E-state index is -4.30.